The van der Waals surface area contributed by atoms with Crippen molar-refractivity contribution in [2.75, 3.05) is 13.7 Å². The molecule has 0 heterocycles. The molecular formula is C36H57N3O5. The number of nitriles is 1. The van der Waals surface area contributed by atoms with Gasteiger partial charge in [-0.2, -0.15) is 5.26 Å². The van der Waals surface area contributed by atoms with Crippen LogP contribution in [0, 0.1) is 50.2 Å². The van der Waals surface area contributed by atoms with Gasteiger partial charge in [-0.1, -0.05) is 80.4 Å². The molecule has 1 saturated carbocycles. The van der Waals surface area contributed by atoms with Crippen LogP contribution in [0.5, 0.6) is 0 Å². The van der Waals surface area contributed by atoms with Crippen molar-refractivity contribution < 1.29 is 23.9 Å². The highest BCUT2D eigenvalue weighted by molar-refractivity contribution is 6.02. The molecule has 2 amide bonds. The number of Topliss-reactive ketones (excluding diaryl/α,β-unsaturated/α-hetero) is 1. The minimum atomic E-state index is -0.760. The molecule has 2 aliphatic rings. The van der Waals surface area contributed by atoms with E-state index in [9.17, 15) is 24.4 Å². The number of carbonyl (C=O) groups is 4. The Morgan fingerprint density at radius 2 is 1.68 bits per heavy atom. The predicted octanol–water partition coefficient (Wildman–Crippen LogP) is 6.81. The smallest absolute Gasteiger partial charge is 0.264 e. The number of fused-ring (bicyclic) bond motifs is 1. The summed E-state index contributed by atoms with van der Waals surface area (Å²) in [5.74, 6) is -1.15. The van der Waals surface area contributed by atoms with E-state index in [2.05, 4.69) is 65.4 Å². The number of hydrazine groups is 1. The second-order valence-electron chi connectivity index (χ2n) is 15.5. The maximum absolute atomic E-state index is 13.7. The third-order valence-corrected chi connectivity index (χ3v) is 11.3. The van der Waals surface area contributed by atoms with Gasteiger partial charge in [-0.15, -0.1) is 0 Å². The van der Waals surface area contributed by atoms with E-state index in [0.29, 0.717) is 19.3 Å². The Hall–Kier alpha value is -2.79. The van der Waals surface area contributed by atoms with Crippen LogP contribution >= 0.6 is 0 Å². The lowest BCUT2D eigenvalue weighted by Gasteiger charge is -2.59. The van der Waals surface area contributed by atoms with Gasteiger partial charge in [0.05, 0.1) is 5.57 Å². The first kappa shape index (κ1) is 37.4. The molecule has 44 heavy (non-hydrogen) atoms. The molecule has 2 rings (SSSR count). The highest BCUT2D eigenvalue weighted by Crippen LogP contribution is 2.65. The van der Waals surface area contributed by atoms with Crippen molar-refractivity contribution in [2.24, 2.45) is 38.9 Å². The van der Waals surface area contributed by atoms with E-state index < -0.39 is 22.2 Å². The largest absolute Gasteiger partial charge is 0.375 e. The second kappa shape index (κ2) is 14.1. The zero-order valence-electron chi connectivity index (χ0n) is 29.2. The molecule has 246 valence electrons. The highest BCUT2D eigenvalue weighted by Gasteiger charge is 2.58. The zero-order valence-corrected chi connectivity index (χ0v) is 29.2. The molecule has 0 radical (unpaired) electrons. The first-order chi connectivity index (χ1) is 20.2. The lowest BCUT2D eigenvalue weighted by molar-refractivity contribution is -0.137. The number of carbonyl (C=O) groups excluding carboxylic acids is 4. The lowest BCUT2D eigenvalue weighted by Crippen LogP contribution is -2.53. The minimum absolute atomic E-state index is 0.00544. The molecule has 1 fully saturated rings. The molecule has 0 unspecified atom stereocenters. The van der Waals surface area contributed by atoms with Gasteiger partial charge in [-0.05, 0) is 80.1 Å². The van der Waals surface area contributed by atoms with Gasteiger partial charge in [0.25, 0.3) is 5.91 Å². The Labute approximate surface area is 265 Å². The van der Waals surface area contributed by atoms with Crippen molar-refractivity contribution in [1.82, 2.24) is 10.9 Å². The monoisotopic (exact) mass is 611 g/mol. The van der Waals surface area contributed by atoms with Gasteiger partial charge in [0.2, 0.25) is 5.91 Å². The van der Waals surface area contributed by atoms with Crippen molar-refractivity contribution in [3.8, 4) is 6.07 Å². The van der Waals surface area contributed by atoms with Gasteiger partial charge < -0.3 is 4.74 Å². The summed E-state index contributed by atoms with van der Waals surface area (Å²) in [7, 11) is 1.43. The predicted molar refractivity (Wildman–Crippen MR) is 173 cm³/mol. The van der Waals surface area contributed by atoms with Crippen LogP contribution in [0.4, 0.5) is 0 Å². The number of nitrogens with zero attached hydrogens (tertiary/aromatic N) is 1. The summed E-state index contributed by atoms with van der Waals surface area (Å²) in [5, 5.41) is 9.82. The molecule has 0 aromatic carbocycles. The maximum atomic E-state index is 13.7. The fourth-order valence-corrected chi connectivity index (χ4v) is 7.81. The highest BCUT2D eigenvalue weighted by atomic mass is 16.5. The third kappa shape index (κ3) is 7.88. The Morgan fingerprint density at radius 1 is 1.07 bits per heavy atom. The summed E-state index contributed by atoms with van der Waals surface area (Å²) in [5.41, 5.74) is 4.18. The SMILES string of the molecule is CCCC(C)(C)CC[C@@](C)(CCC(C)(C)[C@]1(C)CC[C@H]2[C@H](C)C(=O)C(C#N)=C[C@]2(C)/C1=C/C(C)=O)C(=O)NNC(=O)COC. The van der Waals surface area contributed by atoms with Gasteiger partial charge in [0.15, 0.2) is 11.6 Å². The Bertz CT molecular complexity index is 1220. The molecule has 0 saturated heterocycles. The molecule has 0 bridgehead atoms. The average Bonchev–Trinajstić information content (AvgIpc) is 2.93. The van der Waals surface area contributed by atoms with E-state index in [4.69, 9.17) is 4.74 Å². The van der Waals surface area contributed by atoms with E-state index >= 15 is 0 Å². The van der Waals surface area contributed by atoms with E-state index in [0.717, 1.165) is 37.7 Å². The first-order valence-electron chi connectivity index (χ1n) is 16.2. The molecular weight excluding hydrogens is 554 g/mol. The number of nitrogens with one attached hydrogen (secondary N) is 2. The molecule has 0 aliphatic heterocycles. The Morgan fingerprint density at radius 3 is 2.23 bits per heavy atom. The van der Waals surface area contributed by atoms with Gasteiger partial charge in [-0.25, -0.2) is 0 Å². The van der Waals surface area contributed by atoms with Gasteiger partial charge >= 0.3 is 0 Å². The van der Waals surface area contributed by atoms with E-state index in [-0.39, 0.29) is 52.3 Å². The normalized spacial score (nSPS) is 27.9. The van der Waals surface area contributed by atoms with Crippen molar-refractivity contribution >= 4 is 23.4 Å². The van der Waals surface area contributed by atoms with Crippen LogP contribution in [-0.2, 0) is 23.9 Å². The summed E-state index contributed by atoms with van der Waals surface area (Å²) in [4.78, 5) is 51.5. The first-order valence-corrected chi connectivity index (χ1v) is 16.2. The van der Waals surface area contributed by atoms with Crippen LogP contribution in [0.3, 0.4) is 0 Å². The molecule has 0 aromatic heterocycles. The quantitative estimate of drug-likeness (QED) is 0.174. The van der Waals surface area contributed by atoms with Crippen molar-refractivity contribution in [1.29, 1.82) is 5.26 Å². The summed E-state index contributed by atoms with van der Waals surface area (Å²) in [6, 6.07) is 2.12. The Kier molecular flexibility index (Phi) is 12.0. The second-order valence-corrected chi connectivity index (χ2v) is 15.5. The van der Waals surface area contributed by atoms with Gasteiger partial charge in [-0.3, -0.25) is 30.0 Å². The lowest BCUT2D eigenvalue weighted by atomic mass is 9.44. The molecule has 0 spiro atoms. The average molecular weight is 612 g/mol. The zero-order chi connectivity index (χ0) is 33.7. The number of allylic oxidation sites excluding steroid dienone is 4. The molecule has 8 heteroatoms. The number of rotatable bonds is 13. The number of ketones is 2. The summed E-state index contributed by atoms with van der Waals surface area (Å²) >= 11 is 0. The number of hydrogen-bond donors (Lipinski definition) is 2. The van der Waals surface area contributed by atoms with Crippen LogP contribution in [0.2, 0.25) is 0 Å². The summed E-state index contributed by atoms with van der Waals surface area (Å²) in [6.45, 7) is 20.6. The van der Waals surface area contributed by atoms with Crippen LogP contribution < -0.4 is 10.9 Å². The molecule has 2 N–H and O–H groups in total. The van der Waals surface area contributed by atoms with Crippen LogP contribution in [0.15, 0.2) is 23.3 Å². The number of amides is 2. The van der Waals surface area contributed by atoms with Crippen molar-refractivity contribution in [2.45, 2.75) is 121 Å². The van der Waals surface area contributed by atoms with Crippen molar-refractivity contribution in [3.63, 3.8) is 0 Å². The number of methoxy groups -OCH3 is 1. The maximum Gasteiger partial charge on any atom is 0.264 e. The summed E-state index contributed by atoms with van der Waals surface area (Å²) < 4.78 is 4.89. The fourth-order valence-electron chi connectivity index (χ4n) is 7.81. The third-order valence-electron chi connectivity index (χ3n) is 11.3. The molecule has 5 atom stereocenters. The van der Waals surface area contributed by atoms with Gasteiger partial charge in [0.1, 0.15) is 12.7 Å². The summed E-state index contributed by atoms with van der Waals surface area (Å²) in [6.07, 6.45) is 10.0. The minimum Gasteiger partial charge on any atom is -0.375 e. The van der Waals surface area contributed by atoms with E-state index in [1.54, 1.807) is 13.0 Å². The number of ether oxygens (including phenoxy) is 1. The topological polar surface area (TPSA) is 125 Å². The Balaban J connectivity index is 2.50. The van der Waals surface area contributed by atoms with Crippen LogP contribution in [-0.4, -0.2) is 37.1 Å². The fraction of sp³-hybridized carbons (Fsp3) is 0.750. The van der Waals surface area contributed by atoms with Crippen LogP contribution in [0.25, 0.3) is 0 Å². The molecule has 8 nitrogen and oxygen atoms in total. The van der Waals surface area contributed by atoms with Gasteiger partial charge in [0, 0.05) is 23.9 Å². The van der Waals surface area contributed by atoms with E-state index in [1.165, 1.54) is 7.11 Å². The van der Waals surface area contributed by atoms with Crippen LogP contribution in [0.1, 0.15) is 121 Å². The van der Waals surface area contributed by atoms with E-state index in [1.807, 2.05) is 19.9 Å². The standard InChI is InChI=1S/C36H57N3O5/c1-12-14-32(4,5)16-18-34(8,31(43)39-38-29(41)23-44-11)19-17-33(6,7)36(10)15-13-27-25(3)30(42)26(22-37)21-35(27,9)28(36)20-24(2)40/h20-21,25,27H,12-19,23H2,1-11H3,(H,38,41)(H,39,43)/b28-20-/t25-,27-,34-,35-,36+/m0/s1. The van der Waals surface area contributed by atoms with Crippen molar-refractivity contribution in [3.05, 3.63) is 23.3 Å². The molecule has 0 aromatic rings. The number of hydrogen-bond acceptors (Lipinski definition) is 6. The molecule has 2 aliphatic carbocycles.